The summed E-state index contributed by atoms with van der Waals surface area (Å²) in [7, 11) is -1.10. The number of pyridine rings is 1. The van der Waals surface area contributed by atoms with E-state index >= 15 is 0 Å². The highest BCUT2D eigenvalue weighted by Gasteiger charge is 2.11. The lowest BCUT2D eigenvalue weighted by Gasteiger charge is -2.06. The third-order valence-electron chi connectivity index (χ3n) is 2.89. The van der Waals surface area contributed by atoms with E-state index in [1.807, 2.05) is 20.2 Å². The lowest BCUT2D eigenvalue weighted by Crippen LogP contribution is -2.17. The number of aryl methyl sites for hydroxylation is 1. The Labute approximate surface area is 113 Å². The lowest BCUT2D eigenvalue weighted by atomic mass is 9.72. The fourth-order valence-electron chi connectivity index (χ4n) is 1.95. The van der Waals surface area contributed by atoms with Crippen molar-refractivity contribution >= 4 is 28.1 Å². The summed E-state index contributed by atoms with van der Waals surface area (Å²) in [6.45, 7) is 1.88. The molecule has 0 aliphatic rings. The van der Waals surface area contributed by atoms with Gasteiger partial charge in [0.1, 0.15) is 15.9 Å². The molecule has 0 aliphatic carbocycles. The smallest absolute Gasteiger partial charge is 0.151 e. The van der Waals surface area contributed by atoms with Gasteiger partial charge in [-0.1, -0.05) is 18.4 Å². The number of nitrogens with zero attached hydrogens (tertiary/aromatic N) is 3. The largest absolute Gasteiger partial charge is 0.240 e. The Bertz CT molecular complexity index is 759. The average molecular weight is 274 g/mol. The molecule has 0 saturated heterocycles. The van der Waals surface area contributed by atoms with Crippen molar-refractivity contribution in [2.45, 2.75) is 13.2 Å². The summed E-state index contributed by atoms with van der Waals surface area (Å²) in [5, 5.41) is 13.2. The summed E-state index contributed by atoms with van der Waals surface area (Å²) >= 11 is 0. The maximum absolute atomic E-state index is 11.2. The monoisotopic (exact) mass is 274 g/mol. The molecule has 0 spiro atoms. The van der Waals surface area contributed by atoms with Crippen LogP contribution in [-0.4, -0.2) is 37.3 Å². The normalized spacial score (nSPS) is 11.4. The number of hydrogen-bond donors (Lipinski definition) is 0. The topological polar surface area (TPSA) is 75.2 Å². The third-order valence-corrected chi connectivity index (χ3v) is 3.84. The number of nitriles is 1. The van der Waals surface area contributed by atoms with Crippen molar-refractivity contribution in [2.75, 3.05) is 12.0 Å². The van der Waals surface area contributed by atoms with Crippen LogP contribution in [0.4, 0.5) is 0 Å². The zero-order valence-electron chi connectivity index (χ0n) is 10.8. The highest BCUT2D eigenvalue weighted by molar-refractivity contribution is 7.90. The summed E-state index contributed by atoms with van der Waals surface area (Å²) in [6.07, 6.45) is 4.95. The quantitative estimate of drug-likeness (QED) is 0.745. The number of sulfone groups is 1. The lowest BCUT2D eigenvalue weighted by molar-refractivity contribution is 0.601. The molecule has 5 nitrogen and oxygen atoms in total. The van der Waals surface area contributed by atoms with Gasteiger partial charge in [-0.25, -0.2) is 12.9 Å². The average Bonchev–Trinajstić information content (AvgIpc) is 2.77. The van der Waals surface area contributed by atoms with Crippen molar-refractivity contribution in [1.82, 2.24) is 9.61 Å². The molecule has 1 radical (unpaired) electrons. The fraction of sp³-hybridized carbons (Fsp3) is 0.333. The first-order chi connectivity index (χ1) is 8.94. The Morgan fingerprint density at radius 1 is 1.53 bits per heavy atom. The molecular weight excluding hydrogens is 261 g/mol. The van der Waals surface area contributed by atoms with Gasteiger partial charge in [0.15, 0.2) is 7.28 Å². The third kappa shape index (κ3) is 2.96. The van der Waals surface area contributed by atoms with Gasteiger partial charge in [0.05, 0.1) is 23.0 Å². The van der Waals surface area contributed by atoms with Crippen molar-refractivity contribution in [1.29, 1.82) is 5.26 Å². The minimum absolute atomic E-state index is 0.105. The summed E-state index contributed by atoms with van der Waals surface area (Å²) < 4.78 is 24.0. The SMILES string of the molecule is C[B]c1cc(CCS(C)(=O)=O)cn2ncc(C#N)c12. The second-order valence-corrected chi connectivity index (χ2v) is 6.70. The molecule has 2 aromatic heterocycles. The summed E-state index contributed by atoms with van der Waals surface area (Å²) in [4.78, 5) is 0. The van der Waals surface area contributed by atoms with E-state index < -0.39 is 9.84 Å². The van der Waals surface area contributed by atoms with Gasteiger partial charge in [0.2, 0.25) is 0 Å². The van der Waals surface area contributed by atoms with Crippen molar-refractivity contribution in [3.05, 3.63) is 29.6 Å². The Morgan fingerprint density at radius 2 is 2.26 bits per heavy atom. The summed E-state index contributed by atoms with van der Waals surface area (Å²) in [5.74, 6) is 0.105. The van der Waals surface area contributed by atoms with Crippen molar-refractivity contribution in [3.8, 4) is 6.07 Å². The van der Waals surface area contributed by atoms with Crippen LogP contribution in [0.5, 0.6) is 0 Å². The van der Waals surface area contributed by atoms with Crippen LogP contribution in [0.2, 0.25) is 6.82 Å². The van der Waals surface area contributed by atoms with E-state index in [2.05, 4.69) is 11.2 Å². The minimum Gasteiger partial charge on any atom is -0.240 e. The standard InChI is InChI=1S/C12H13BN3O2S/c1-13-11-5-9(3-4-19(2,17)18)8-16-12(11)10(6-14)7-15-16/h5,7-8H,3-4H2,1-2H3. The Morgan fingerprint density at radius 3 is 2.84 bits per heavy atom. The second-order valence-electron chi connectivity index (χ2n) is 4.44. The first-order valence-electron chi connectivity index (χ1n) is 5.82. The number of fused-ring (bicyclic) bond motifs is 1. The molecule has 7 heteroatoms. The Balaban J connectivity index is 2.47. The summed E-state index contributed by atoms with van der Waals surface area (Å²) in [6, 6.07) is 4.01. The molecule has 0 amide bonds. The van der Waals surface area contributed by atoms with Crippen LogP contribution < -0.4 is 5.46 Å². The van der Waals surface area contributed by atoms with Crippen LogP contribution in [0.25, 0.3) is 5.52 Å². The van der Waals surface area contributed by atoms with E-state index in [-0.39, 0.29) is 5.75 Å². The molecule has 2 rings (SSSR count). The van der Waals surface area contributed by atoms with Crippen LogP contribution in [0.1, 0.15) is 11.1 Å². The van der Waals surface area contributed by atoms with Gasteiger partial charge in [0, 0.05) is 12.5 Å². The molecule has 2 heterocycles. The van der Waals surface area contributed by atoms with Gasteiger partial charge >= 0.3 is 0 Å². The first-order valence-corrected chi connectivity index (χ1v) is 7.88. The van der Waals surface area contributed by atoms with Crippen molar-refractivity contribution in [3.63, 3.8) is 0 Å². The van der Waals surface area contributed by atoms with Crippen LogP contribution in [0.15, 0.2) is 18.5 Å². The van der Waals surface area contributed by atoms with Crippen LogP contribution in [-0.2, 0) is 16.3 Å². The molecule has 97 valence electrons. The van der Waals surface area contributed by atoms with Gasteiger partial charge in [-0.05, 0) is 12.0 Å². The van der Waals surface area contributed by atoms with Crippen molar-refractivity contribution < 1.29 is 8.42 Å². The fourth-order valence-corrected chi connectivity index (χ4v) is 2.56. The second kappa shape index (κ2) is 5.06. The molecule has 0 saturated carbocycles. The van der Waals surface area contributed by atoms with Crippen LogP contribution in [0.3, 0.4) is 0 Å². The van der Waals surface area contributed by atoms with Gasteiger partial charge in [-0.3, -0.25) is 0 Å². The first kappa shape index (κ1) is 13.6. The predicted molar refractivity (Wildman–Crippen MR) is 74.6 cm³/mol. The molecule has 19 heavy (non-hydrogen) atoms. The molecule has 2 aromatic rings. The Kier molecular flexibility index (Phi) is 3.62. The molecule has 0 atom stereocenters. The zero-order chi connectivity index (χ0) is 14.0. The van der Waals surface area contributed by atoms with Crippen LogP contribution in [0, 0.1) is 11.3 Å². The Hall–Kier alpha value is -1.81. The van der Waals surface area contributed by atoms with Gasteiger partial charge in [-0.2, -0.15) is 10.4 Å². The highest BCUT2D eigenvalue weighted by Crippen LogP contribution is 2.10. The molecular formula is C12H13BN3O2S. The molecule has 0 unspecified atom stereocenters. The maximum Gasteiger partial charge on any atom is 0.151 e. The number of aromatic nitrogens is 2. The predicted octanol–water partition coefficient (Wildman–Crippen LogP) is 0.171. The van der Waals surface area contributed by atoms with E-state index in [9.17, 15) is 8.42 Å². The van der Waals surface area contributed by atoms with E-state index in [0.717, 1.165) is 16.5 Å². The molecule has 0 bridgehead atoms. The molecule has 0 N–H and O–H groups in total. The van der Waals surface area contributed by atoms with Gasteiger partial charge in [0.25, 0.3) is 0 Å². The summed E-state index contributed by atoms with van der Waals surface area (Å²) in [5.41, 5.74) is 3.05. The van der Waals surface area contributed by atoms with Gasteiger partial charge in [-0.15, -0.1) is 0 Å². The number of hydrogen-bond acceptors (Lipinski definition) is 4. The van der Waals surface area contributed by atoms with E-state index in [1.54, 1.807) is 10.7 Å². The van der Waals surface area contributed by atoms with E-state index in [0.29, 0.717) is 12.0 Å². The number of rotatable bonds is 4. The zero-order valence-corrected chi connectivity index (χ0v) is 11.6. The highest BCUT2D eigenvalue weighted by atomic mass is 32.2. The van der Waals surface area contributed by atoms with E-state index in [1.165, 1.54) is 12.5 Å². The molecule has 0 fully saturated rings. The molecule has 0 aliphatic heterocycles. The molecule has 0 aromatic carbocycles. The maximum atomic E-state index is 11.2. The minimum atomic E-state index is -2.99. The van der Waals surface area contributed by atoms with Gasteiger partial charge < -0.3 is 0 Å². The van der Waals surface area contributed by atoms with E-state index in [4.69, 9.17) is 5.26 Å². The van der Waals surface area contributed by atoms with Crippen LogP contribution >= 0.6 is 0 Å². The van der Waals surface area contributed by atoms with Crippen molar-refractivity contribution in [2.24, 2.45) is 0 Å².